The molecule has 2 nitrogen and oxygen atoms in total. The molecule has 1 aliphatic carbocycles. The van der Waals surface area contributed by atoms with Gasteiger partial charge in [0.25, 0.3) is 0 Å². The largest absolute Gasteiger partial charge is 0.469 e. The number of carbonyl (C=O) groups is 1. The number of rotatable bonds is 7. The molecule has 0 aromatic carbocycles. The summed E-state index contributed by atoms with van der Waals surface area (Å²) in [5.41, 5.74) is 0. The van der Waals surface area contributed by atoms with Gasteiger partial charge in [-0.05, 0) is 18.3 Å². The smallest absolute Gasteiger partial charge is 0.309 e. The van der Waals surface area contributed by atoms with Crippen molar-refractivity contribution < 1.29 is 9.53 Å². The van der Waals surface area contributed by atoms with Crippen LogP contribution in [0.1, 0.15) is 39.0 Å². The molecule has 3 atom stereocenters. The van der Waals surface area contributed by atoms with Gasteiger partial charge in [-0.1, -0.05) is 38.7 Å². The van der Waals surface area contributed by atoms with Crippen LogP contribution in [0.3, 0.4) is 0 Å². The molecule has 3 unspecified atom stereocenters. The molecule has 0 bridgehead atoms. The molecule has 0 aromatic rings. The maximum Gasteiger partial charge on any atom is 0.309 e. The number of allylic oxidation sites excluding steroid dienone is 1. The molecule has 1 rings (SSSR count). The van der Waals surface area contributed by atoms with E-state index in [-0.39, 0.29) is 11.9 Å². The summed E-state index contributed by atoms with van der Waals surface area (Å²) < 4.78 is 4.78. The summed E-state index contributed by atoms with van der Waals surface area (Å²) in [6, 6.07) is 0. The number of hydrogen-bond donors (Lipinski definition) is 0. The van der Waals surface area contributed by atoms with Gasteiger partial charge in [0.05, 0.1) is 13.0 Å². The highest BCUT2D eigenvalue weighted by Crippen LogP contribution is 2.50. The molecular weight excluding hydrogens is 188 g/mol. The Morgan fingerprint density at radius 3 is 2.67 bits per heavy atom. The lowest BCUT2D eigenvalue weighted by Gasteiger charge is -1.98. The number of esters is 1. The topological polar surface area (TPSA) is 26.3 Å². The zero-order chi connectivity index (χ0) is 11.3. The Balaban J connectivity index is 2.24. The molecule has 15 heavy (non-hydrogen) atoms. The van der Waals surface area contributed by atoms with E-state index in [9.17, 15) is 4.79 Å². The van der Waals surface area contributed by atoms with Crippen molar-refractivity contribution >= 4 is 5.97 Å². The SMILES string of the molecule is C=CC1C(CCCCCC)C1C(=O)OC. The Kier molecular flexibility index (Phi) is 4.86. The molecule has 0 aliphatic heterocycles. The quantitative estimate of drug-likeness (QED) is 0.366. The molecule has 1 aliphatic rings. The molecule has 2 heteroatoms. The van der Waals surface area contributed by atoms with Gasteiger partial charge in [0.2, 0.25) is 0 Å². The van der Waals surface area contributed by atoms with E-state index in [2.05, 4.69) is 13.5 Å². The van der Waals surface area contributed by atoms with Crippen molar-refractivity contribution in [1.82, 2.24) is 0 Å². The van der Waals surface area contributed by atoms with Crippen LogP contribution in [-0.2, 0) is 9.53 Å². The Labute approximate surface area is 92.7 Å². The van der Waals surface area contributed by atoms with Crippen molar-refractivity contribution in [3.63, 3.8) is 0 Å². The monoisotopic (exact) mass is 210 g/mol. The second-order valence-electron chi connectivity index (χ2n) is 4.38. The van der Waals surface area contributed by atoms with Gasteiger partial charge in [0.15, 0.2) is 0 Å². The molecule has 1 saturated carbocycles. The molecule has 1 fully saturated rings. The maximum absolute atomic E-state index is 11.4. The van der Waals surface area contributed by atoms with Crippen LogP contribution in [0.4, 0.5) is 0 Å². The van der Waals surface area contributed by atoms with Gasteiger partial charge in [-0.15, -0.1) is 6.58 Å². The van der Waals surface area contributed by atoms with Crippen LogP contribution >= 0.6 is 0 Å². The highest BCUT2D eigenvalue weighted by molar-refractivity contribution is 5.76. The Hall–Kier alpha value is -0.790. The van der Waals surface area contributed by atoms with Gasteiger partial charge in [0, 0.05) is 0 Å². The number of carbonyl (C=O) groups excluding carboxylic acids is 1. The predicted molar refractivity (Wildman–Crippen MR) is 61.4 cm³/mol. The van der Waals surface area contributed by atoms with Gasteiger partial charge >= 0.3 is 5.97 Å². The van der Waals surface area contributed by atoms with Crippen LogP contribution in [0, 0.1) is 17.8 Å². The van der Waals surface area contributed by atoms with E-state index in [0.29, 0.717) is 11.8 Å². The first kappa shape index (κ1) is 12.3. The lowest BCUT2D eigenvalue weighted by molar-refractivity contribution is -0.142. The van der Waals surface area contributed by atoms with E-state index >= 15 is 0 Å². The maximum atomic E-state index is 11.4. The molecular formula is C13H22O2. The zero-order valence-corrected chi connectivity index (χ0v) is 9.87. The molecule has 0 N–H and O–H groups in total. The fourth-order valence-electron chi connectivity index (χ4n) is 2.37. The van der Waals surface area contributed by atoms with E-state index in [1.54, 1.807) is 0 Å². The first-order chi connectivity index (χ1) is 7.26. The molecule has 0 saturated heterocycles. The third kappa shape index (κ3) is 3.08. The van der Waals surface area contributed by atoms with Crippen molar-refractivity contribution in [3.8, 4) is 0 Å². The standard InChI is InChI=1S/C13H22O2/c1-4-6-7-8-9-11-10(5-2)12(11)13(14)15-3/h5,10-12H,2,4,6-9H2,1,3H3. The molecule has 0 radical (unpaired) electrons. The van der Waals surface area contributed by atoms with Gasteiger partial charge < -0.3 is 4.74 Å². The van der Waals surface area contributed by atoms with E-state index in [1.165, 1.54) is 32.8 Å². The van der Waals surface area contributed by atoms with Crippen LogP contribution < -0.4 is 0 Å². The summed E-state index contributed by atoms with van der Waals surface area (Å²) in [6.07, 6.45) is 8.13. The molecule has 0 amide bonds. The van der Waals surface area contributed by atoms with Crippen LogP contribution in [0.25, 0.3) is 0 Å². The molecule has 86 valence electrons. The second kappa shape index (κ2) is 5.94. The van der Waals surface area contributed by atoms with Crippen molar-refractivity contribution in [3.05, 3.63) is 12.7 Å². The number of hydrogen-bond acceptors (Lipinski definition) is 2. The van der Waals surface area contributed by atoms with Crippen molar-refractivity contribution in [2.24, 2.45) is 17.8 Å². The van der Waals surface area contributed by atoms with Crippen LogP contribution in [0.2, 0.25) is 0 Å². The lowest BCUT2D eigenvalue weighted by Crippen LogP contribution is -2.05. The van der Waals surface area contributed by atoms with Gasteiger partial charge in [0.1, 0.15) is 0 Å². The lowest BCUT2D eigenvalue weighted by atomic mass is 10.1. The summed E-state index contributed by atoms with van der Waals surface area (Å²) in [7, 11) is 1.47. The normalized spacial score (nSPS) is 28.5. The highest BCUT2D eigenvalue weighted by Gasteiger charge is 2.52. The minimum Gasteiger partial charge on any atom is -0.469 e. The average molecular weight is 210 g/mol. The van der Waals surface area contributed by atoms with Crippen LogP contribution in [0.15, 0.2) is 12.7 Å². The second-order valence-corrected chi connectivity index (χ2v) is 4.38. The van der Waals surface area contributed by atoms with Crippen molar-refractivity contribution in [2.45, 2.75) is 39.0 Å². The third-order valence-corrected chi connectivity index (χ3v) is 3.37. The molecule has 0 aromatic heterocycles. The fourth-order valence-corrected chi connectivity index (χ4v) is 2.37. The van der Waals surface area contributed by atoms with Crippen molar-refractivity contribution in [2.75, 3.05) is 7.11 Å². The Morgan fingerprint density at radius 1 is 1.40 bits per heavy atom. The third-order valence-electron chi connectivity index (χ3n) is 3.37. The van der Waals surface area contributed by atoms with E-state index in [1.807, 2.05) is 6.08 Å². The highest BCUT2D eigenvalue weighted by atomic mass is 16.5. The average Bonchev–Trinajstić information content (AvgIpc) is 2.96. The molecule has 0 spiro atoms. The zero-order valence-electron chi connectivity index (χ0n) is 9.87. The summed E-state index contributed by atoms with van der Waals surface area (Å²) >= 11 is 0. The Morgan fingerprint density at radius 2 is 2.13 bits per heavy atom. The first-order valence-electron chi connectivity index (χ1n) is 5.96. The fraction of sp³-hybridized carbons (Fsp3) is 0.769. The molecule has 0 heterocycles. The van der Waals surface area contributed by atoms with Crippen molar-refractivity contribution in [1.29, 1.82) is 0 Å². The van der Waals surface area contributed by atoms with Gasteiger partial charge in [-0.3, -0.25) is 4.79 Å². The number of unbranched alkanes of at least 4 members (excludes halogenated alkanes) is 3. The van der Waals surface area contributed by atoms with Gasteiger partial charge in [-0.25, -0.2) is 0 Å². The van der Waals surface area contributed by atoms with Crippen LogP contribution in [-0.4, -0.2) is 13.1 Å². The Bertz CT molecular complexity index is 223. The summed E-state index contributed by atoms with van der Waals surface area (Å²) in [5, 5.41) is 0. The van der Waals surface area contributed by atoms with E-state index in [0.717, 1.165) is 6.42 Å². The van der Waals surface area contributed by atoms with Crippen LogP contribution in [0.5, 0.6) is 0 Å². The summed E-state index contributed by atoms with van der Waals surface area (Å²) in [6.45, 7) is 5.99. The summed E-state index contributed by atoms with van der Waals surface area (Å²) in [5.74, 6) is 0.931. The number of methoxy groups -OCH3 is 1. The number of ether oxygens (including phenoxy) is 1. The minimum absolute atomic E-state index is 0.0552. The van der Waals surface area contributed by atoms with Gasteiger partial charge in [-0.2, -0.15) is 0 Å². The van der Waals surface area contributed by atoms with E-state index < -0.39 is 0 Å². The van der Waals surface area contributed by atoms with E-state index in [4.69, 9.17) is 4.74 Å². The minimum atomic E-state index is -0.0552. The predicted octanol–water partition coefficient (Wildman–Crippen LogP) is 3.18. The first-order valence-corrected chi connectivity index (χ1v) is 5.96. The summed E-state index contributed by atoms with van der Waals surface area (Å²) in [4.78, 5) is 11.4.